The van der Waals surface area contributed by atoms with Crippen LogP contribution in [0.3, 0.4) is 0 Å². The fraction of sp³-hybridized carbons (Fsp3) is 0.875. The summed E-state index contributed by atoms with van der Waals surface area (Å²) < 4.78 is 10.6. The second kappa shape index (κ2) is 8.28. The molecule has 1 rings (SSSR count). The molecule has 0 N–H and O–H groups in total. The summed E-state index contributed by atoms with van der Waals surface area (Å²) in [5.74, 6) is -0.699. The van der Waals surface area contributed by atoms with E-state index in [1.54, 1.807) is 6.92 Å². The molecule has 1 atom stereocenters. The van der Waals surface area contributed by atoms with E-state index in [4.69, 9.17) is 9.47 Å². The van der Waals surface area contributed by atoms with E-state index in [1.807, 2.05) is 13.8 Å². The number of rotatable bonds is 8. The molecule has 0 aromatic heterocycles. The molecule has 0 amide bonds. The Balaban J connectivity index is 2.90. The molecule has 0 heterocycles. The highest BCUT2D eigenvalue weighted by molar-refractivity contribution is 6.00. The van der Waals surface area contributed by atoms with E-state index < -0.39 is 11.4 Å². The highest BCUT2D eigenvalue weighted by atomic mass is 16.6. The van der Waals surface area contributed by atoms with Crippen molar-refractivity contribution in [2.45, 2.75) is 65.7 Å². The first-order chi connectivity index (χ1) is 9.63. The Morgan fingerprint density at radius 3 is 2.15 bits per heavy atom. The maximum Gasteiger partial charge on any atom is 0.323 e. The third-order valence-corrected chi connectivity index (χ3v) is 4.34. The minimum absolute atomic E-state index is 0.0701. The molecular formula is C16H28O4. The van der Waals surface area contributed by atoms with Gasteiger partial charge in [-0.1, -0.05) is 33.1 Å². The van der Waals surface area contributed by atoms with Crippen molar-refractivity contribution < 1.29 is 19.1 Å². The summed E-state index contributed by atoms with van der Waals surface area (Å²) >= 11 is 0. The smallest absolute Gasteiger partial charge is 0.323 e. The molecule has 0 radical (unpaired) electrons. The lowest BCUT2D eigenvalue weighted by Gasteiger charge is -2.33. The molecule has 4 heteroatoms. The van der Waals surface area contributed by atoms with Crippen LogP contribution in [-0.4, -0.2) is 25.2 Å². The van der Waals surface area contributed by atoms with Crippen LogP contribution in [0.5, 0.6) is 0 Å². The monoisotopic (exact) mass is 284 g/mol. The first kappa shape index (κ1) is 17.0. The van der Waals surface area contributed by atoms with Gasteiger partial charge in [-0.05, 0) is 38.5 Å². The van der Waals surface area contributed by atoms with E-state index in [9.17, 15) is 9.59 Å². The van der Waals surface area contributed by atoms with Crippen molar-refractivity contribution in [2.75, 3.05) is 13.2 Å². The molecule has 20 heavy (non-hydrogen) atoms. The molecule has 116 valence electrons. The van der Waals surface area contributed by atoms with Crippen LogP contribution in [0.15, 0.2) is 0 Å². The minimum atomic E-state index is -1.08. The summed E-state index contributed by atoms with van der Waals surface area (Å²) in [6.45, 7) is 6.40. The molecular weight excluding hydrogens is 256 g/mol. The lowest BCUT2D eigenvalue weighted by molar-refractivity contribution is -0.177. The van der Waals surface area contributed by atoms with Crippen molar-refractivity contribution in [1.29, 1.82) is 0 Å². The molecule has 0 aromatic carbocycles. The molecule has 1 saturated carbocycles. The van der Waals surface area contributed by atoms with Crippen molar-refractivity contribution in [2.24, 2.45) is 11.3 Å². The highest BCUT2D eigenvalue weighted by Crippen LogP contribution is 2.44. The maximum absolute atomic E-state index is 12.6. The SMILES string of the molecule is CCCCOC(=O)C(CC)(C(=O)OCC)C1CCCC1. The van der Waals surface area contributed by atoms with Gasteiger partial charge in [-0.2, -0.15) is 0 Å². The zero-order valence-corrected chi connectivity index (χ0v) is 13.1. The van der Waals surface area contributed by atoms with Gasteiger partial charge in [-0.15, -0.1) is 0 Å². The fourth-order valence-electron chi connectivity index (χ4n) is 3.11. The second-order valence-electron chi connectivity index (χ2n) is 5.52. The minimum Gasteiger partial charge on any atom is -0.465 e. The average Bonchev–Trinajstić information content (AvgIpc) is 2.95. The van der Waals surface area contributed by atoms with E-state index in [-0.39, 0.29) is 11.9 Å². The molecule has 1 aliphatic rings. The van der Waals surface area contributed by atoms with E-state index in [0.29, 0.717) is 19.6 Å². The third kappa shape index (κ3) is 3.53. The average molecular weight is 284 g/mol. The molecule has 0 saturated heterocycles. The molecule has 1 aliphatic carbocycles. The number of esters is 2. The Kier molecular flexibility index (Phi) is 7.03. The van der Waals surface area contributed by atoms with Gasteiger partial charge in [0.1, 0.15) is 0 Å². The van der Waals surface area contributed by atoms with Crippen molar-refractivity contribution in [3.8, 4) is 0 Å². The summed E-state index contributed by atoms with van der Waals surface area (Å²) in [6.07, 6.45) is 6.24. The van der Waals surface area contributed by atoms with Crippen LogP contribution in [0.1, 0.15) is 65.7 Å². The van der Waals surface area contributed by atoms with Crippen molar-refractivity contribution >= 4 is 11.9 Å². The summed E-state index contributed by atoms with van der Waals surface area (Å²) in [6, 6.07) is 0. The van der Waals surface area contributed by atoms with Crippen LogP contribution in [0.25, 0.3) is 0 Å². The molecule has 1 unspecified atom stereocenters. The molecule has 0 aromatic rings. The van der Waals surface area contributed by atoms with E-state index in [2.05, 4.69) is 0 Å². The Morgan fingerprint density at radius 1 is 1.05 bits per heavy atom. The van der Waals surface area contributed by atoms with Gasteiger partial charge in [0.2, 0.25) is 0 Å². The molecule has 4 nitrogen and oxygen atoms in total. The summed E-state index contributed by atoms with van der Waals surface area (Å²) in [7, 11) is 0. The second-order valence-corrected chi connectivity index (χ2v) is 5.52. The number of ether oxygens (including phenoxy) is 2. The molecule has 0 aliphatic heterocycles. The normalized spacial score (nSPS) is 18.6. The zero-order valence-electron chi connectivity index (χ0n) is 13.1. The number of unbranched alkanes of at least 4 members (excludes halogenated alkanes) is 1. The van der Waals surface area contributed by atoms with Gasteiger partial charge < -0.3 is 9.47 Å². The van der Waals surface area contributed by atoms with Gasteiger partial charge in [-0.3, -0.25) is 9.59 Å². The largest absolute Gasteiger partial charge is 0.465 e. The van der Waals surface area contributed by atoms with E-state index >= 15 is 0 Å². The van der Waals surface area contributed by atoms with Gasteiger partial charge in [-0.25, -0.2) is 0 Å². The van der Waals surface area contributed by atoms with Gasteiger partial charge >= 0.3 is 11.9 Å². The van der Waals surface area contributed by atoms with Crippen LogP contribution in [0, 0.1) is 11.3 Å². The number of carbonyl (C=O) groups excluding carboxylic acids is 2. The van der Waals surface area contributed by atoms with Crippen LogP contribution in [0.2, 0.25) is 0 Å². The van der Waals surface area contributed by atoms with Crippen molar-refractivity contribution in [3.05, 3.63) is 0 Å². The number of carbonyl (C=O) groups is 2. The van der Waals surface area contributed by atoms with Crippen molar-refractivity contribution in [3.63, 3.8) is 0 Å². The lowest BCUT2D eigenvalue weighted by Crippen LogP contribution is -2.46. The fourth-order valence-corrected chi connectivity index (χ4v) is 3.11. The van der Waals surface area contributed by atoms with Crippen LogP contribution in [-0.2, 0) is 19.1 Å². The van der Waals surface area contributed by atoms with Crippen molar-refractivity contribution in [1.82, 2.24) is 0 Å². The third-order valence-electron chi connectivity index (χ3n) is 4.34. The van der Waals surface area contributed by atoms with Gasteiger partial charge in [0.15, 0.2) is 5.41 Å². The molecule has 0 spiro atoms. The standard InChI is InChI=1S/C16H28O4/c1-4-7-12-20-15(18)16(5-2,14(17)19-6-3)13-10-8-9-11-13/h13H,4-12H2,1-3H3. The van der Waals surface area contributed by atoms with Crippen LogP contribution >= 0.6 is 0 Å². The number of hydrogen-bond acceptors (Lipinski definition) is 4. The Morgan fingerprint density at radius 2 is 1.65 bits per heavy atom. The van der Waals surface area contributed by atoms with Gasteiger partial charge in [0, 0.05) is 0 Å². The summed E-state index contributed by atoms with van der Waals surface area (Å²) in [4.78, 5) is 25.0. The van der Waals surface area contributed by atoms with Gasteiger partial charge in [0.05, 0.1) is 13.2 Å². The first-order valence-corrected chi connectivity index (χ1v) is 7.97. The Labute approximate surface area is 122 Å². The predicted molar refractivity (Wildman–Crippen MR) is 77.2 cm³/mol. The van der Waals surface area contributed by atoms with Crippen LogP contribution in [0.4, 0.5) is 0 Å². The molecule has 1 fully saturated rings. The van der Waals surface area contributed by atoms with E-state index in [1.165, 1.54) is 0 Å². The number of hydrogen-bond donors (Lipinski definition) is 0. The van der Waals surface area contributed by atoms with Crippen LogP contribution < -0.4 is 0 Å². The van der Waals surface area contributed by atoms with E-state index in [0.717, 1.165) is 38.5 Å². The van der Waals surface area contributed by atoms with Gasteiger partial charge in [0.25, 0.3) is 0 Å². The summed E-state index contributed by atoms with van der Waals surface area (Å²) in [5, 5.41) is 0. The highest BCUT2D eigenvalue weighted by Gasteiger charge is 2.53. The quantitative estimate of drug-likeness (QED) is 0.389. The Bertz CT molecular complexity index is 320. The summed E-state index contributed by atoms with van der Waals surface area (Å²) in [5.41, 5.74) is -1.08. The molecule has 0 bridgehead atoms. The lowest BCUT2D eigenvalue weighted by atomic mass is 9.72. The topological polar surface area (TPSA) is 52.6 Å². The zero-order chi connectivity index (χ0) is 15.0. The Hall–Kier alpha value is -1.06. The first-order valence-electron chi connectivity index (χ1n) is 7.97. The predicted octanol–water partition coefficient (Wildman–Crippen LogP) is 3.48. The maximum atomic E-state index is 12.6.